The molecule has 0 saturated carbocycles. The molecule has 4 rings (SSSR count). The summed E-state index contributed by atoms with van der Waals surface area (Å²) in [5.74, 6) is 0. The van der Waals surface area contributed by atoms with Crippen LogP contribution in [0.25, 0.3) is 21.7 Å². The predicted octanol–water partition coefficient (Wildman–Crippen LogP) is 4.79. The fourth-order valence-electron chi connectivity index (χ4n) is 1.83. The van der Waals surface area contributed by atoms with Crippen LogP contribution >= 0.6 is 11.3 Å². The first-order valence-corrected chi connectivity index (χ1v) is 6.78. The van der Waals surface area contributed by atoms with Crippen LogP contribution in [-0.4, -0.2) is 4.98 Å². The van der Waals surface area contributed by atoms with E-state index >= 15 is 0 Å². The van der Waals surface area contributed by atoms with Gasteiger partial charge in [-0.25, -0.2) is 4.98 Å². The molecular weight excluding hydrogens is 238 g/mol. The van der Waals surface area contributed by atoms with Crippen LogP contribution in [0.3, 0.4) is 0 Å². The molecule has 0 unspecified atom stereocenters. The van der Waals surface area contributed by atoms with Crippen molar-refractivity contribution in [1.82, 2.24) is 4.98 Å². The standard InChI is InChI=1S/C10H9NS.C6H4/c1-8-4-2-3-5-9(8)10-11-6-7-12-10;1-2-6-4-3-5(1)6/h2-7H,1H3;1-4H. The molecule has 1 nitrogen and oxygen atoms in total. The van der Waals surface area contributed by atoms with Crippen LogP contribution in [0.15, 0.2) is 60.1 Å². The van der Waals surface area contributed by atoms with E-state index in [1.165, 1.54) is 22.3 Å². The molecular formula is C16H13NS. The molecule has 0 spiro atoms. The molecule has 1 aromatic heterocycles. The summed E-state index contributed by atoms with van der Waals surface area (Å²) in [6.07, 6.45) is 1.84. The number of hydrogen-bond donors (Lipinski definition) is 0. The third kappa shape index (κ3) is 2.07. The molecule has 0 aliphatic heterocycles. The summed E-state index contributed by atoms with van der Waals surface area (Å²) in [6, 6.07) is 16.8. The summed E-state index contributed by atoms with van der Waals surface area (Å²) >= 11 is 1.68. The molecule has 0 amide bonds. The number of hydrogen-bond acceptors (Lipinski definition) is 2. The lowest BCUT2D eigenvalue weighted by Crippen LogP contribution is -1.85. The van der Waals surface area contributed by atoms with Gasteiger partial charge in [-0.15, -0.1) is 11.3 Å². The fourth-order valence-corrected chi connectivity index (χ4v) is 2.56. The van der Waals surface area contributed by atoms with Gasteiger partial charge in [0, 0.05) is 17.1 Å². The Morgan fingerprint density at radius 2 is 1.56 bits per heavy atom. The Balaban J connectivity index is 0.000000137. The Bertz CT molecular complexity index is 618. The normalized spacial score (nSPS) is 10.5. The molecule has 2 aliphatic rings. The van der Waals surface area contributed by atoms with Crippen LogP contribution < -0.4 is 0 Å². The molecule has 2 aromatic rings. The predicted molar refractivity (Wildman–Crippen MR) is 77.7 cm³/mol. The van der Waals surface area contributed by atoms with Gasteiger partial charge in [0.25, 0.3) is 0 Å². The van der Waals surface area contributed by atoms with Crippen LogP contribution in [0, 0.1) is 6.92 Å². The number of rotatable bonds is 1. The number of benzene rings is 2. The zero-order valence-corrected chi connectivity index (χ0v) is 10.9. The Hall–Kier alpha value is -1.93. The Morgan fingerprint density at radius 3 is 2.00 bits per heavy atom. The van der Waals surface area contributed by atoms with E-state index < -0.39 is 0 Å². The van der Waals surface area contributed by atoms with Crippen molar-refractivity contribution in [3.63, 3.8) is 0 Å². The summed E-state index contributed by atoms with van der Waals surface area (Å²) in [5, 5.41) is 3.11. The maximum Gasteiger partial charge on any atom is 0.123 e. The smallest absolute Gasteiger partial charge is 0.123 e. The van der Waals surface area contributed by atoms with E-state index in [9.17, 15) is 0 Å². The largest absolute Gasteiger partial charge is 0.245 e. The highest BCUT2D eigenvalue weighted by atomic mass is 32.1. The summed E-state index contributed by atoms with van der Waals surface area (Å²) in [7, 11) is 0. The Kier molecular flexibility index (Phi) is 2.95. The molecule has 0 fully saturated rings. The van der Waals surface area contributed by atoms with Crippen molar-refractivity contribution in [2.75, 3.05) is 0 Å². The Morgan fingerprint density at radius 1 is 0.889 bits per heavy atom. The van der Waals surface area contributed by atoms with E-state index in [1.54, 1.807) is 11.3 Å². The highest BCUT2D eigenvalue weighted by Crippen LogP contribution is 2.29. The van der Waals surface area contributed by atoms with Crippen molar-refractivity contribution in [3.05, 3.63) is 65.7 Å². The first-order chi connectivity index (χ1) is 8.84. The van der Waals surface area contributed by atoms with Crippen molar-refractivity contribution in [1.29, 1.82) is 0 Å². The molecule has 2 heteroatoms. The number of aryl methyl sites for hydroxylation is 1. The molecule has 88 valence electrons. The maximum absolute atomic E-state index is 4.27. The lowest BCUT2D eigenvalue weighted by atomic mass is 9.95. The highest BCUT2D eigenvalue weighted by molar-refractivity contribution is 7.13. The molecule has 0 bridgehead atoms. The first-order valence-electron chi connectivity index (χ1n) is 5.90. The molecule has 0 radical (unpaired) electrons. The van der Waals surface area contributed by atoms with Crippen molar-refractivity contribution < 1.29 is 0 Å². The van der Waals surface area contributed by atoms with E-state index in [1.807, 2.05) is 23.7 Å². The van der Waals surface area contributed by atoms with Crippen molar-refractivity contribution in [3.8, 4) is 21.7 Å². The van der Waals surface area contributed by atoms with Gasteiger partial charge in [0.1, 0.15) is 5.01 Å². The number of fused-ring (bicyclic) bond motifs is 1. The maximum atomic E-state index is 4.27. The quantitative estimate of drug-likeness (QED) is 0.474. The minimum absolute atomic E-state index is 1.10. The van der Waals surface area contributed by atoms with Gasteiger partial charge < -0.3 is 0 Å². The summed E-state index contributed by atoms with van der Waals surface area (Å²) in [6.45, 7) is 2.11. The monoisotopic (exact) mass is 251 g/mol. The van der Waals surface area contributed by atoms with Crippen LogP contribution in [0.1, 0.15) is 5.56 Å². The van der Waals surface area contributed by atoms with Crippen LogP contribution in [-0.2, 0) is 0 Å². The van der Waals surface area contributed by atoms with E-state index in [-0.39, 0.29) is 0 Å². The number of nitrogens with zero attached hydrogens (tertiary/aromatic N) is 1. The third-order valence-corrected chi connectivity index (χ3v) is 3.83. The van der Waals surface area contributed by atoms with Gasteiger partial charge >= 0.3 is 0 Å². The van der Waals surface area contributed by atoms with Gasteiger partial charge in [-0.3, -0.25) is 0 Å². The number of thiazole rings is 1. The molecule has 1 heterocycles. The van der Waals surface area contributed by atoms with Gasteiger partial charge in [-0.1, -0.05) is 48.5 Å². The zero-order valence-electron chi connectivity index (χ0n) is 10.1. The second-order valence-corrected chi connectivity index (χ2v) is 5.12. The van der Waals surface area contributed by atoms with E-state index in [2.05, 4.69) is 48.3 Å². The molecule has 0 saturated heterocycles. The Labute approximate surface area is 111 Å². The van der Waals surface area contributed by atoms with Gasteiger partial charge in [0.05, 0.1) is 0 Å². The second kappa shape index (κ2) is 4.75. The van der Waals surface area contributed by atoms with Crippen LogP contribution in [0.5, 0.6) is 0 Å². The minimum Gasteiger partial charge on any atom is -0.245 e. The molecule has 2 aliphatic carbocycles. The fraction of sp³-hybridized carbons (Fsp3) is 0.0625. The van der Waals surface area contributed by atoms with E-state index in [0.29, 0.717) is 0 Å². The van der Waals surface area contributed by atoms with E-state index in [0.717, 1.165) is 5.01 Å². The molecule has 0 N–H and O–H groups in total. The third-order valence-electron chi connectivity index (χ3n) is 3.03. The molecule has 18 heavy (non-hydrogen) atoms. The summed E-state index contributed by atoms with van der Waals surface area (Å²) < 4.78 is 0. The molecule has 0 atom stereocenters. The topological polar surface area (TPSA) is 12.9 Å². The van der Waals surface area contributed by atoms with Crippen LogP contribution in [0.2, 0.25) is 0 Å². The number of aromatic nitrogens is 1. The van der Waals surface area contributed by atoms with Gasteiger partial charge in [0.2, 0.25) is 0 Å². The lowest BCUT2D eigenvalue weighted by Gasteiger charge is -2.10. The van der Waals surface area contributed by atoms with Crippen LogP contribution in [0.4, 0.5) is 0 Å². The SMILES string of the molecule is Cc1ccccc1-c1nccs1.c1cc2ccc1-2. The summed E-state index contributed by atoms with van der Waals surface area (Å²) in [5.41, 5.74) is 5.38. The van der Waals surface area contributed by atoms with Gasteiger partial charge in [0.15, 0.2) is 0 Å². The minimum atomic E-state index is 1.10. The van der Waals surface area contributed by atoms with E-state index in [4.69, 9.17) is 0 Å². The zero-order chi connectivity index (χ0) is 12.4. The van der Waals surface area contributed by atoms with Crippen molar-refractivity contribution >= 4 is 11.3 Å². The molecule has 1 aromatic carbocycles. The van der Waals surface area contributed by atoms with Crippen molar-refractivity contribution in [2.45, 2.75) is 6.92 Å². The second-order valence-electron chi connectivity index (χ2n) is 4.23. The highest BCUT2D eigenvalue weighted by Gasteiger charge is 2.04. The first kappa shape index (κ1) is 11.2. The average Bonchev–Trinajstić information content (AvgIpc) is 2.89. The van der Waals surface area contributed by atoms with Gasteiger partial charge in [-0.2, -0.15) is 0 Å². The summed E-state index contributed by atoms with van der Waals surface area (Å²) in [4.78, 5) is 4.27. The van der Waals surface area contributed by atoms with Crippen molar-refractivity contribution in [2.24, 2.45) is 0 Å². The lowest BCUT2D eigenvalue weighted by molar-refractivity contribution is 1.38. The van der Waals surface area contributed by atoms with Gasteiger partial charge in [-0.05, 0) is 23.6 Å². The average molecular weight is 251 g/mol.